The molecule has 0 saturated heterocycles. The molecule has 1 aromatic rings. The normalized spacial score (nSPS) is 19.3. The summed E-state index contributed by atoms with van der Waals surface area (Å²) in [7, 11) is 0. The molecule has 11 heteroatoms. The number of hydrogen-bond acceptors (Lipinski definition) is 5. The van der Waals surface area contributed by atoms with E-state index in [1.54, 1.807) is 0 Å². The number of hydrogen-bond donors (Lipinski definition) is 3. The number of alkyl halides is 3. The van der Waals surface area contributed by atoms with Crippen molar-refractivity contribution >= 4 is 29.7 Å². The summed E-state index contributed by atoms with van der Waals surface area (Å²) in [6.45, 7) is 0.802. The van der Waals surface area contributed by atoms with Crippen LogP contribution >= 0.6 is 12.4 Å². The van der Waals surface area contributed by atoms with Gasteiger partial charge in [-0.05, 0) is 37.4 Å². The predicted molar refractivity (Wildman–Crippen MR) is 96.7 cm³/mol. The van der Waals surface area contributed by atoms with E-state index in [-0.39, 0.29) is 48.9 Å². The zero-order valence-electron chi connectivity index (χ0n) is 14.4. The van der Waals surface area contributed by atoms with Crippen molar-refractivity contribution in [1.82, 2.24) is 5.32 Å². The molecule has 0 heterocycles. The van der Waals surface area contributed by atoms with Crippen LogP contribution in [0, 0.1) is 22.0 Å². The molecule has 2 atom stereocenters. The lowest BCUT2D eigenvalue weighted by molar-refractivity contribution is -0.384. The largest absolute Gasteiger partial charge is 0.416 e. The van der Waals surface area contributed by atoms with Gasteiger partial charge in [0.2, 0.25) is 5.91 Å². The van der Waals surface area contributed by atoms with E-state index in [0.717, 1.165) is 31.4 Å². The fourth-order valence-corrected chi connectivity index (χ4v) is 3.19. The topological polar surface area (TPSA) is 110 Å². The Labute approximate surface area is 160 Å². The second-order valence-electron chi connectivity index (χ2n) is 6.24. The molecular formula is C16H22ClF3N4O3. The molecule has 27 heavy (non-hydrogen) atoms. The van der Waals surface area contributed by atoms with E-state index in [0.29, 0.717) is 12.6 Å². The maximum atomic E-state index is 12.7. The van der Waals surface area contributed by atoms with Gasteiger partial charge in [-0.2, -0.15) is 13.2 Å². The standard InChI is InChI=1S/C16H21F3N4O3.ClH/c17-16(18,19)11-4-5-13(14(8-11)23(25)26)21-6-7-22-15(24)12-3-1-2-10(12)9-20;/h4-5,8,10,12,21H,1-3,6-7,9,20H2,(H,22,24);1H/t10-,12-;/m1./s1. The first-order valence-corrected chi connectivity index (χ1v) is 8.31. The Kier molecular flexibility index (Phi) is 8.29. The molecule has 0 radical (unpaired) electrons. The van der Waals surface area contributed by atoms with Crippen molar-refractivity contribution in [3.05, 3.63) is 33.9 Å². The Morgan fingerprint density at radius 1 is 1.30 bits per heavy atom. The van der Waals surface area contributed by atoms with Crippen LogP contribution in [0.4, 0.5) is 24.5 Å². The number of carbonyl (C=O) groups is 1. The Hall–Kier alpha value is -2.07. The molecule has 1 saturated carbocycles. The number of benzene rings is 1. The molecule has 0 aromatic heterocycles. The highest BCUT2D eigenvalue weighted by molar-refractivity contribution is 5.85. The molecule has 1 aliphatic rings. The summed E-state index contributed by atoms with van der Waals surface area (Å²) in [6, 6.07) is 2.29. The monoisotopic (exact) mass is 410 g/mol. The molecule has 4 N–H and O–H groups in total. The van der Waals surface area contributed by atoms with Gasteiger partial charge in [0.25, 0.3) is 5.69 Å². The van der Waals surface area contributed by atoms with Crippen molar-refractivity contribution < 1.29 is 22.9 Å². The van der Waals surface area contributed by atoms with Crippen LogP contribution in [-0.2, 0) is 11.0 Å². The number of anilines is 1. The number of carbonyl (C=O) groups excluding carboxylic acids is 1. The average Bonchev–Trinajstić information content (AvgIpc) is 3.06. The minimum absolute atomic E-state index is 0. The highest BCUT2D eigenvalue weighted by Gasteiger charge is 2.33. The zero-order valence-corrected chi connectivity index (χ0v) is 15.2. The number of nitro benzene ring substituents is 1. The zero-order chi connectivity index (χ0) is 19.3. The Morgan fingerprint density at radius 2 is 2.00 bits per heavy atom. The number of nitro groups is 1. The second kappa shape index (κ2) is 9.75. The minimum atomic E-state index is -4.65. The third kappa shape index (κ3) is 5.96. The van der Waals surface area contributed by atoms with E-state index in [4.69, 9.17) is 5.73 Å². The van der Waals surface area contributed by atoms with E-state index in [1.165, 1.54) is 0 Å². The molecule has 0 aliphatic heterocycles. The lowest BCUT2D eigenvalue weighted by Gasteiger charge is -2.17. The van der Waals surface area contributed by atoms with Crippen molar-refractivity contribution in [3.8, 4) is 0 Å². The van der Waals surface area contributed by atoms with E-state index in [2.05, 4.69) is 10.6 Å². The van der Waals surface area contributed by atoms with Gasteiger partial charge in [0.05, 0.1) is 10.5 Å². The molecule has 1 amide bonds. The quantitative estimate of drug-likeness (QED) is 0.363. The number of nitrogens with zero attached hydrogens (tertiary/aromatic N) is 1. The molecule has 1 aromatic carbocycles. The third-order valence-electron chi connectivity index (χ3n) is 4.56. The number of nitrogens with two attached hydrogens (primary N) is 1. The predicted octanol–water partition coefficient (Wildman–Crippen LogP) is 2.94. The maximum Gasteiger partial charge on any atom is 0.416 e. The van der Waals surface area contributed by atoms with E-state index in [1.807, 2.05) is 0 Å². The number of amides is 1. The SMILES string of the molecule is Cl.NC[C@H]1CCC[C@H]1C(=O)NCCNc1ccc(C(F)(F)F)cc1[N+](=O)[O-]. The van der Waals surface area contributed by atoms with Crippen LogP contribution < -0.4 is 16.4 Å². The first kappa shape index (κ1) is 23.0. The molecule has 7 nitrogen and oxygen atoms in total. The van der Waals surface area contributed by atoms with E-state index >= 15 is 0 Å². The summed E-state index contributed by atoms with van der Waals surface area (Å²) in [4.78, 5) is 22.3. The lowest BCUT2D eigenvalue weighted by Crippen LogP contribution is -2.37. The maximum absolute atomic E-state index is 12.7. The van der Waals surface area contributed by atoms with Crippen LogP contribution in [0.25, 0.3) is 0 Å². The van der Waals surface area contributed by atoms with Gasteiger partial charge in [-0.25, -0.2) is 0 Å². The summed E-state index contributed by atoms with van der Waals surface area (Å²) >= 11 is 0. The van der Waals surface area contributed by atoms with Gasteiger partial charge in [-0.3, -0.25) is 14.9 Å². The summed E-state index contributed by atoms with van der Waals surface area (Å²) < 4.78 is 38.0. The lowest BCUT2D eigenvalue weighted by atomic mass is 9.95. The molecule has 1 fully saturated rings. The first-order chi connectivity index (χ1) is 12.2. The molecule has 2 rings (SSSR count). The third-order valence-corrected chi connectivity index (χ3v) is 4.56. The van der Waals surface area contributed by atoms with Crippen LogP contribution in [0.2, 0.25) is 0 Å². The van der Waals surface area contributed by atoms with E-state index in [9.17, 15) is 28.1 Å². The average molecular weight is 411 g/mol. The molecule has 0 spiro atoms. The smallest absolute Gasteiger partial charge is 0.378 e. The highest BCUT2D eigenvalue weighted by atomic mass is 35.5. The van der Waals surface area contributed by atoms with Crippen molar-refractivity contribution in [2.75, 3.05) is 25.0 Å². The van der Waals surface area contributed by atoms with Gasteiger partial charge in [0.15, 0.2) is 0 Å². The molecule has 1 aliphatic carbocycles. The van der Waals surface area contributed by atoms with Crippen LogP contribution in [0.1, 0.15) is 24.8 Å². The molecular weight excluding hydrogens is 389 g/mol. The van der Waals surface area contributed by atoms with Crippen molar-refractivity contribution in [2.24, 2.45) is 17.6 Å². The molecule has 0 unspecified atom stereocenters. The van der Waals surface area contributed by atoms with Crippen molar-refractivity contribution in [3.63, 3.8) is 0 Å². The van der Waals surface area contributed by atoms with E-state index < -0.39 is 22.4 Å². The molecule has 0 bridgehead atoms. The second-order valence-corrected chi connectivity index (χ2v) is 6.24. The van der Waals surface area contributed by atoms with Gasteiger partial charge in [0.1, 0.15) is 5.69 Å². The van der Waals surface area contributed by atoms with Gasteiger partial charge in [0, 0.05) is 25.1 Å². The van der Waals surface area contributed by atoms with Gasteiger partial charge < -0.3 is 16.4 Å². The summed E-state index contributed by atoms with van der Waals surface area (Å²) in [5, 5.41) is 16.4. The van der Waals surface area contributed by atoms with Crippen LogP contribution in [0.5, 0.6) is 0 Å². The first-order valence-electron chi connectivity index (χ1n) is 8.31. The van der Waals surface area contributed by atoms with Crippen molar-refractivity contribution in [2.45, 2.75) is 25.4 Å². The minimum Gasteiger partial charge on any atom is -0.378 e. The summed E-state index contributed by atoms with van der Waals surface area (Å²) in [5.41, 5.74) is 3.87. The molecule has 152 valence electrons. The van der Waals surface area contributed by atoms with Crippen molar-refractivity contribution in [1.29, 1.82) is 0 Å². The van der Waals surface area contributed by atoms with Gasteiger partial charge in [-0.1, -0.05) is 6.42 Å². The number of nitrogens with one attached hydrogen (secondary N) is 2. The fraction of sp³-hybridized carbons (Fsp3) is 0.562. The Bertz CT molecular complexity index is 673. The highest BCUT2D eigenvalue weighted by Crippen LogP contribution is 2.35. The van der Waals surface area contributed by atoms with Gasteiger partial charge in [-0.15, -0.1) is 12.4 Å². The number of rotatable bonds is 7. The fourth-order valence-electron chi connectivity index (χ4n) is 3.19. The number of halogens is 4. The Morgan fingerprint density at radius 3 is 2.59 bits per heavy atom. The Balaban J connectivity index is 0.00000364. The van der Waals surface area contributed by atoms with Crippen LogP contribution in [0.3, 0.4) is 0 Å². The summed E-state index contributed by atoms with van der Waals surface area (Å²) in [6.07, 6.45) is -2.00. The summed E-state index contributed by atoms with van der Waals surface area (Å²) in [5.74, 6) is -0.0685. The van der Waals surface area contributed by atoms with Gasteiger partial charge >= 0.3 is 6.18 Å². The van der Waals surface area contributed by atoms with Crippen LogP contribution in [-0.4, -0.2) is 30.5 Å². The van der Waals surface area contributed by atoms with Crippen LogP contribution in [0.15, 0.2) is 18.2 Å².